The first-order chi connectivity index (χ1) is 10.3. The fraction of sp³-hybridized carbons (Fsp3) is 0.667. The smallest absolute Gasteiger partial charge is 0.119 e. The minimum atomic E-state index is 0.384. The molecule has 0 aromatic heterocycles. The highest BCUT2D eigenvalue weighted by Gasteiger charge is 2.56. The molecule has 0 amide bonds. The van der Waals surface area contributed by atoms with Crippen LogP contribution in [0, 0.1) is 5.41 Å². The number of nitrogens with one attached hydrogen (secondary N) is 1. The van der Waals surface area contributed by atoms with Gasteiger partial charge < -0.3 is 14.8 Å². The van der Waals surface area contributed by atoms with Crippen LogP contribution in [0.5, 0.6) is 5.75 Å². The molecule has 116 valence electrons. The molecule has 2 atom stereocenters. The Balaban J connectivity index is 1.64. The summed E-state index contributed by atoms with van der Waals surface area (Å²) >= 11 is 0. The highest BCUT2D eigenvalue weighted by Crippen LogP contribution is 2.55. The van der Waals surface area contributed by atoms with E-state index in [0.717, 1.165) is 18.8 Å². The van der Waals surface area contributed by atoms with Gasteiger partial charge in [-0.25, -0.2) is 0 Å². The van der Waals surface area contributed by atoms with E-state index >= 15 is 0 Å². The lowest BCUT2D eigenvalue weighted by molar-refractivity contribution is -0.114. The average molecular weight is 289 g/mol. The summed E-state index contributed by atoms with van der Waals surface area (Å²) in [5.41, 5.74) is 1.58. The fourth-order valence-corrected chi connectivity index (χ4v) is 4.10. The molecule has 0 bridgehead atoms. The van der Waals surface area contributed by atoms with Crippen molar-refractivity contribution in [3.63, 3.8) is 0 Å². The molecule has 2 saturated carbocycles. The van der Waals surface area contributed by atoms with Gasteiger partial charge in [-0.05, 0) is 57.4 Å². The lowest BCUT2D eigenvalue weighted by Gasteiger charge is -2.54. The summed E-state index contributed by atoms with van der Waals surface area (Å²) in [7, 11) is 0. The monoisotopic (exact) mass is 289 g/mol. The van der Waals surface area contributed by atoms with Gasteiger partial charge in [-0.2, -0.15) is 0 Å². The maximum Gasteiger partial charge on any atom is 0.119 e. The van der Waals surface area contributed by atoms with Gasteiger partial charge in [0.15, 0.2) is 0 Å². The highest BCUT2D eigenvalue weighted by molar-refractivity contribution is 5.48. The van der Waals surface area contributed by atoms with E-state index in [4.69, 9.17) is 9.47 Å². The second-order valence-corrected chi connectivity index (χ2v) is 6.27. The zero-order chi connectivity index (χ0) is 14.7. The predicted octanol–water partition coefficient (Wildman–Crippen LogP) is 4.24. The van der Waals surface area contributed by atoms with Crippen molar-refractivity contribution in [3.8, 4) is 5.75 Å². The summed E-state index contributed by atoms with van der Waals surface area (Å²) in [4.78, 5) is 0. The van der Waals surface area contributed by atoms with E-state index in [9.17, 15) is 0 Å². The van der Waals surface area contributed by atoms with Crippen molar-refractivity contribution in [1.29, 1.82) is 0 Å². The van der Waals surface area contributed by atoms with Crippen LogP contribution >= 0.6 is 0 Å². The van der Waals surface area contributed by atoms with E-state index < -0.39 is 0 Å². The van der Waals surface area contributed by atoms with Gasteiger partial charge in [0.05, 0.1) is 12.7 Å². The first-order valence-electron chi connectivity index (χ1n) is 8.39. The summed E-state index contributed by atoms with van der Waals surface area (Å²) in [6, 6.07) is 8.91. The molecule has 1 N–H and O–H groups in total. The van der Waals surface area contributed by atoms with Crippen molar-refractivity contribution in [2.24, 2.45) is 5.41 Å². The molecule has 1 spiro atoms. The molecule has 3 heteroatoms. The zero-order valence-electron chi connectivity index (χ0n) is 13.2. The summed E-state index contributed by atoms with van der Waals surface area (Å²) in [6.07, 6.45) is 6.93. The van der Waals surface area contributed by atoms with Gasteiger partial charge in [-0.3, -0.25) is 0 Å². The Morgan fingerprint density at radius 3 is 2.43 bits per heavy atom. The molecule has 2 aliphatic rings. The maximum atomic E-state index is 5.97. The lowest BCUT2D eigenvalue weighted by atomic mass is 9.60. The van der Waals surface area contributed by atoms with E-state index in [1.54, 1.807) is 0 Å². The number of anilines is 1. The molecule has 2 unspecified atom stereocenters. The number of ether oxygens (including phenoxy) is 2. The molecule has 1 aromatic carbocycles. The van der Waals surface area contributed by atoms with Crippen LogP contribution in [0.1, 0.15) is 46.0 Å². The van der Waals surface area contributed by atoms with E-state index in [1.807, 2.05) is 19.1 Å². The van der Waals surface area contributed by atoms with E-state index in [0.29, 0.717) is 24.2 Å². The highest BCUT2D eigenvalue weighted by atomic mass is 16.5. The van der Waals surface area contributed by atoms with Gasteiger partial charge in [0, 0.05) is 23.8 Å². The van der Waals surface area contributed by atoms with Gasteiger partial charge in [0.25, 0.3) is 0 Å². The number of hydrogen-bond donors (Lipinski definition) is 1. The van der Waals surface area contributed by atoms with E-state index in [2.05, 4.69) is 24.4 Å². The third-order valence-electron chi connectivity index (χ3n) is 5.19. The van der Waals surface area contributed by atoms with Crippen molar-refractivity contribution in [3.05, 3.63) is 24.3 Å². The Kier molecular flexibility index (Phi) is 4.39. The Morgan fingerprint density at radius 1 is 1.10 bits per heavy atom. The van der Waals surface area contributed by atoms with Crippen molar-refractivity contribution in [2.45, 2.75) is 58.1 Å². The van der Waals surface area contributed by atoms with Crippen LogP contribution in [-0.4, -0.2) is 25.4 Å². The molecule has 21 heavy (non-hydrogen) atoms. The zero-order valence-corrected chi connectivity index (χ0v) is 13.2. The molecule has 3 nitrogen and oxygen atoms in total. The van der Waals surface area contributed by atoms with Crippen LogP contribution in [0.3, 0.4) is 0 Å². The van der Waals surface area contributed by atoms with Crippen LogP contribution in [0.2, 0.25) is 0 Å². The van der Waals surface area contributed by atoms with Crippen LogP contribution in [0.4, 0.5) is 5.69 Å². The topological polar surface area (TPSA) is 30.5 Å². The molecule has 2 fully saturated rings. The number of hydrogen-bond acceptors (Lipinski definition) is 3. The summed E-state index contributed by atoms with van der Waals surface area (Å²) in [5.74, 6) is 0.944. The third kappa shape index (κ3) is 2.76. The van der Waals surface area contributed by atoms with Crippen LogP contribution < -0.4 is 10.1 Å². The molecule has 0 saturated heterocycles. The average Bonchev–Trinajstić information content (AvgIpc) is 3.01. The van der Waals surface area contributed by atoms with Gasteiger partial charge >= 0.3 is 0 Å². The Hall–Kier alpha value is -1.22. The fourth-order valence-electron chi connectivity index (χ4n) is 4.10. The second kappa shape index (κ2) is 6.27. The molecular weight excluding hydrogens is 262 g/mol. The predicted molar refractivity (Wildman–Crippen MR) is 86.0 cm³/mol. The largest absolute Gasteiger partial charge is 0.494 e. The van der Waals surface area contributed by atoms with Gasteiger partial charge in [0.2, 0.25) is 0 Å². The van der Waals surface area contributed by atoms with Crippen molar-refractivity contribution in [1.82, 2.24) is 0 Å². The molecular formula is C18H27NO2. The number of benzene rings is 1. The Morgan fingerprint density at radius 2 is 1.81 bits per heavy atom. The summed E-state index contributed by atoms with van der Waals surface area (Å²) in [5, 5.41) is 3.73. The van der Waals surface area contributed by atoms with E-state index in [1.165, 1.54) is 31.4 Å². The minimum absolute atomic E-state index is 0.384. The van der Waals surface area contributed by atoms with Crippen LogP contribution in [0.15, 0.2) is 24.3 Å². The SMILES string of the molecule is CCOc1ccc(NC2CC(OCC)C23CCCC3)cc1. The lowest BCUT2D eigenvalue weighted by Crippen LogP contribution is -2.60. The van der Waals surface area contributed by atoms with E-state index in [-0.39, 0.29) is 0 Å². The molecule has 1 aromatic rings. The summed E-state index contributed by atoms with van der Waals surface area (Å²) in [6.45, 7) is 5.67. The van der Waals surface area contributed by atoms with Gasteiger partial charge in [-0.1, -0.05) is 12.8 Å². The Labute approximate surface area is 128 Å². The van der Waals surface area contributed by atoms with Crippen molar-refractivity contribution < 1.29 is 9.47 Å². The molecule has 0 heterocycles. The first kappa shape index (κ1) is 14.7. The third-order valence-corrected chi connectivity index (χ3v) is 5.19. The van der Waals surface area contributed by atoms with Crippen LogP contribution in [0.25, 0.3) is 0 Å². The molecule has 2 aliphatic carbocycles. The maximum absolute atomic E-state index is 5.97. The normalized spacial score (nSPS) is 26.6. The van der Waals surface area contributed by atoms with Gasteiger partial charge in [-0.15, -0.1) is 0 Å². The quantitative estimate of drug-likeness (QED) is 0.850. The molecule has 0 radical (unpaired) electrons. The van der Waals surface area contributed by atoms with Gasteiger partial charge in [0.1, 0.15) is 5.75 Å². The van der Waals surface area contributed by atoms with Crippen LogP contribution in [-0.2, 0) is 4.74 Å². The second-order valence-electron chi connectivity index (χ2n) is 6.27. The molecule has 0 aliphatic heterocycles. The summed E-state index contributed by atoms with van der Waals surface area (Å²) < 4.78 is 11.5. The van der Waals surface area contributed by atoms with Crippen molar-refractivity contribution in [2.75, 3.05) is 18.5 Å². The first-order valence-corrected chi connectivity index (χ1v) is 8.39. The standard InChI is InChI=1S/C18H27NO2/c1-3-20-15-9-7-14(8-10-15)19-16-13-17(21-4-2)18(16)11-5-6-12-18/h7-10,16-17,19H,3-6,11-13H2,1-2H3. The Bertz CT molecular complexity index is 451. The van der Waals surface area contributed by atoms with Crippen molar-refractivity contribution >= 4 is 5.69 Å². The molecule has 3 rings (SSSR count). The minimum Gasteiger partial charge on any atom is -0.494 e. The number of rotatable bonds is 6.